The number of nitrogens with zero attached hydrogens (tertiary/aromatic N) is 4. The lowest BCUT2D eigenvalue weighted by atomic mass is 10.2. The third kappa shape index (κ3) is 3.13. The van der Waals surface area contributed by atoms with E-state index >= 15 is 0 Å². The Morgan fingerprint density at radius 3 is 2.50 bits per heavy atom. The summed E-state index contributed by atoms with van der Waals surface area (Å²) < 4.78 is 0. The second-order valence-electron chi connectivity index (χ2n) is 5.03. The Morgan fingerprint density at radius 2 is 1.67 bits per heavy atom. The molecule has 0 aliphatic heterocycles. The normalized spacial score (nSPS) is 10.5. The molecule has 0 bridgehead atoms. The maximum atomic E-state index is 4.60. The van der Waals surface area contributed by atoms with Gasteiger partial charge in [0.25, 0.3) is 0 Å². The van der Waals surface area contributed by atoms with Crippen molar-refractivity contribution in [1.29, 1.82) is 0 Å². The SMILES string of the molecule is c1ccc(-c2csc(Nc3cncc(-c4ccccn4)n3)n2)cc1. The van der Waals surface area contributed by atoms with E-state index in [9.17, 15) is 0 Å². The van der Waals surface area contributed by atoms with E-state index in [-0.39, 0.29) is 0 Å². The van der Waals surface area contributed by atoms with Gasteiger partial charge in [-0.15, -0.1) is 11.3 Å². The van der Waals surface area contributed by atoms with Gasteiger partial charge in [-0.25, -0.2) is 9.97 Å². The molecular formula is C18H13N5S. The first-order valence-electron chi connectivity index (χ1n) is 7.40. The number of anilines is 2. The topological polar surface area (TPSA) is 63.6 Å². The molecule has 0 spiro atoms. The molecule has 3 heterocycles. The van der Waals surface area contributed by atoms with Crippen LogP contribution >= 0.6 is 11.3 Å². The van der Waals surface area contributed by atoms with E-state index < -0.39 is 0 Å². The minimum Gasteiger partial charge on any atom is -0.315 e. The van der Waals surface area contributed by atoms with Crippen LogP contribution in [0.25, 0.3) is 22.6 Å². The molecule has 0 aliphatic carbocycles. The fraction of sp³-hybridized carbons (Fsp3) is 0. The van der Waals surface area contributed by atoms with Gasteiger partial charge >= 0.3 is 0 Å². The lowest BCUT2D eigenvalue weighted by Crippen LogP contribution is -1.96. The van der Waals surface area contributed by atoms with Crippen molar-refractivity contribution in [3.05, 3.63) is 72.5 Å². The van der Waals surface area contributed by atoms with E-state index in [0.717, 1.165) is 27.8 Å². The van der Waals surface area contributed by atoms with Crippen molar-refractivity contribution in [3.63, 3.8) is 0 Å². The molecule has 0 fully saturated rings. The van der Waals surface area contributed by atoms with Gasteiger partial charge in [-0.1, -0.05) is 36.4 Å². The molecule has 0 amide bonds. The molecular weight excluding hydrogens is 318 g/mol. The predicted octanol–water partition coefficient (Wildman–Crippen LogP) is 4.41. The highest BCUT2D eigenvalue weighted by Crippen LogP contribution is 2.26. The molecule has 0 unspecified atom stereocenters. The minimum atomic E-state index is 0.645. The van der Waals surface area contributed by atoms with Crippen LogP contribution in [0.1, 0.15) is 0 Å². The molecule has 5 nitrogen and oxygen atoms in total. The Bertz CT molecular complexity index is 938. The Kier molecular flexibility index (Phi) is 3.95. The number of thiazole rings is 1. The molecule has 6 heteroatoms. The first-order valence-corrected chi connectivity index (χ1v) is 8.28. The maximum absolute atomic E-state index is 4.60. The van der Waals surface area contributed by atoms with Crippen LogP contribution in [0.5, 0.6) is 0 Å². The number of hydrogen-bond donors (Lipinski definition) is 1. The number of nitrogens with one attached hydrogen (secondary N) is 1. The predicted molar refractivity (Wildman–Crippen MR) is 96.1 cm³/mol. The zero-order valence-electron chi connectivity index (χ0n) is 12.6. The Morgan fingerprint density at radius 1 is 0.792 bits per heavy atom. The van der Waals surface area contributed by atoms with Crippen molar-refractivity contribution in [2.75, 3.05) is 5.32 Å². The second-order valence-corrected chi connectivity index (χ2v) is 5.89. The summed E-state index contributed by atoms with van der Waals surface area (Å²) >= 11 is 1.54. The first-order chi connectivity index (χ1) is 11.9. The smallest absolute Gasteiger partial charge is 0.188 e. The fourth-order valence-corrected chi connectivity index (χ4v) is 2.97. The van der Waals surface area contributed by atoms with Crippen molar-refractivity contribution in [2.45, 2.75) is 0 Å². The van der Waals surface area contributed by atoms with Gasteiger partial charge in [0.15, 0.2) is 10.9 Å². The second kappa shape index (κ2) is 6.55. The van der Waals surface area contributed by atoms with Crippen molar-refractivity contribution in [3.8, 4) is 22.6 Å². The summed E-state index contributed by atoms with van der Waals surface area (Å²) in [6, 6.07) is 15.8. The van der Waals surface area contributed by atoms with Crippen LogP contribution in [0, 0.1) is 0 Å². The number of rotatable bonds is 4. The average molecular weight is 331 g/mol. The molecule has 1 aromatic carbocycles. The molecule has 0 saturated carbocycles. The van der Waals surface area contributed by atoms with Crippen molar-refractivity contribution < 1.29 is 0 Å². The number of hydrogen-bond acceptors (Lipinski definition) is 6. The summed E-state index contributed by atoms with van der Waals surface area (Å²) in [4.78, 5) is 17.7. The van der Waals surface area contributed by atoms with Gasteiger partial charge in [0.05, 0.1) is 23.8 Å². The molecule has 0 atom stereocenters. The van der Waals surface area contributed by atoms with Crippen molar-refractivity contribution in [1.82, 2.24) is 19.9 Å². The third-order valence-electron chi connectivity index (χ3n) is 3.37. The van der Waals surface area contributed by atoms with E-state index in [1.807, 2.05) is 53.9 Å². The van der Waals surface area contributed by atoms with Gasteiger partial charge in [-0.05, 0) is 12.1 Å². The Hall–Kier alpha value is -3.12. The molecule has 24 heavy (non-hydrogen) atoms. The zero-order valence-corrected chi connectivity index (χ0v) is 13.4. The maximum Gasteiger partial charge on any atom is 0.188 e. The molecule has 3 aromatic heterocycles. The van der Waals surface area contributed by atoms with Crippen molar-refractivity contribution in [2.24, 2.45) is 0 Å². The van der Waals surface area contributed by atoms with Gasteiger partial charge in [0.2, 0.25) is 0 Å². The number of benzene rings is 1. The number of aromatic nitrogens is 4. The summed E-state index contributed by atoms with van der Waals surface area (Å²) in [6.45, 7) is 0. The third-order valence-corrected chi connectivity index (χ3v) is 4.13. The van der Waals surface area contributed by atoms with Gasteiger partial charge in [-0.3, -0.25) is 9.97 Å². The number of pyridine rings is 1. The Balaban J connectivity index is 1.57. The highest BCUT2D eigenvalue weighted by atomic mass is 32.1. The Labute approximate surface area is 143 Å². The van der Waals surface area contributed by atoms with E-state index in [4.69, 9.17) is 0 Å². The van der Waals surface area contributed by atoms with Crippen LogP contribution in [-0.4, -0.2) is 19.9 Å². The summed E-state index contributed by atoms with van der Waals surface area (Å²) in [6.07, 6.45) is 5.12. The van der Waals surface area contributed by atoms with Crippen LogP contribution in [0.4, 0.5) is 10.9 Å². The quantitative estimate of drug-likeness (QED) is 0.600. The molecule has 116 valence electrons. The standard InChI is InChI=1S/C18H13N5S/c1-2-6-13(7-3-1)16-12-24-18(22-16)23-17-11-19-10-15(21-17)14-8-4-5-9-20-14/h1-12H,(H,21,22,23). The largest absolute Gasteiger partial charge is 0.315 e. The summed E-state index contributed by atoms with van der Waals surface area (Å²) in [7, 11) is 0. The molecule has 0 aliphatic rings. The van der Waals surface area contributed by atoms with E-state index in [1.54, 1.807) is 18.6 Å². The van der Waals surface area contributed by atoms with E-state index in [1.165, 1.54) is 11.3 Å². The average Bonchev–Trinajstić information content (AvgIpc) is 3.12. The first kappa shape index (κ1) is 14.5. The van der Waals surface area contributed by atoms with Gasteiger partial charge in [0.1, 0.15) is 5.69 Å². The molecule has 0 radical (unpaired) electrons. The van der Waals surface area contributed by atoms with Gasteiger partial charge in [-0.2, -0.15) is 0 Å². The lowest BCUT2D eigenvalue weighted by Gasteiger charge is -2.04. The van der Waals surface area contributed by atoms with Crippen LogP contribution in [0.2, 0.25) is 0 Å². The monoisotopic (exact) mass is 331 g/mol. The highest BCUT2D eigenvalue weighted by molar-refractivity contribution is 7.14. The van der Waals surface area contributed by atoms with Gasteiger partial charge < -0.3 is 5.32 Å². The van der Waals surface area contributed by atoms with Crippen LogP contribution in [0.15, 0.2) is 72.5 Å². The highest BCUT2D eigenvalue weighted by Gasteiger charge is 2.07. The van der Waals surface area contributed by atoms with E-state index in [2.05, 4.69) is 25.3 Å². The zero-order chi connectivity index (χ0) is 16.2. The molecule has 4 aromatic rings. The van der Waals surface area contributed by atoms with E-state index in [0.29, 0.717) is 5.82 Å². The van der Waals surface area contributed by atoms with Gasteiger partial charge in [0, 0.05) is 17.1 Å². The van der Waals surface area contributed by atoms with Crippen LogP contribution < -0.4 is 5.32 Å². The lowest BCUT2D eigenvalue weighted by molar-refractivity contribution is 1.17. The van der Waals surface area contributed by atoms with Crippen LogP contribution in [-0.2, 0) is 0 Å². The molecule has 4 rings (SSSR count). The molecule has 1 N–H and O–H groups in total. The summed E-state index contributed by atoms with van der Waals surface area (Å²) in [5.74, 6) is 0.645. The van der Waals surface area contributed by atoms with Crippen LogP contribution in [0.3, 0.4) is 0 Å². The summed E-state index contributed by atoms with van der Waals surface area (Å²) in [5.41, 5.74) is 3.55. The minimum absolute atomic E-state index is 0.645. The summed E-state index contributed by atoms with van der Waals surface area (Å²) in [5, 5.41) is 6.01. The van der Waals surface area contributed by atoms with Crippen molar-refractivity contribution >= 4 is 22.3 Å². The molecule has 0 saturated heterocycles. The fourth-order valence-electron chi connectivity index (χ4n) is 2.25.